The van der Waals surface area contributed by atoms with Crippen molar-refractivity contribution in [2.45, 2.75) is 76.5 Å². The Labute approximate surface area is 125 Å². The first kappa shape index (κ1) is 16.3. The SMILES string of the molecule is CCNC(C1CCOC2(CCCC2)C1)C(C)(C)N(C)C. The van der Waals surface area contributed by atoms with Crippen LogP contribution in [0.5, 0.6) is 0 Å². The molecule has 0 amide bonds. The minimum Gasteiger partial charge on any atom is -0.375 e. The molecule has 1 heterocycles. The second kappa shape index (κ2) is 6.33. The first-order valence-electron chi connectivity index (χ1n) is 8.46. The van der Waals surface area contributed by atoms with E-state index in [1.54, 1.807) is 0 Å². The van der Waals surface area contributed by atoms with Crippen LogP contribution in [0, 0.1) is 5.92 Å². The van der Waals surface area contributed by atoms with Crippen molar-refractivity contribution >= 4 is 0 Å². The molecule has 118 valence electrons. The zero-order valence-electron chi connectivity index (χ0n) is 14.2. The molecule has 20 heavy (non-hydrogen) atoms. The average Bonchev–Trinajstić information content (AvgIpc) is 2.83. The van der Waals surface area contributed by atoms with Crippen LogP contribution in [0.1, 0.15) is 59.3 Å². The molecule has 0 bridgehead atoms. The van der Waals surface area contributed by atoms with E-state index in [4.69, 9.17) is 4.74 Å². The Morgan fingerprint density at radius 1 is 1.30 bits per heavy atom. The maximum absolute atomic E-state index is 6.22. The Hall–Kier alpha value is -0.120. The van der Waals surface area contributed by atoms with E-state index in [1.807, 2.05) is 0 Å². The minimum atomic E-state index is 0.178. The fourth-order valence-corrected chi connectivity index (χ4v) is 4.21. The number of ether oxygens (including phenoxy) is 1. The van der Waals surface area contributed by atoms with Gasteiger partial charge in [-0.25, -0.2) is 0 Å². The van der Waals surface area contributed by atoms with E-state index in [0.29, 0.717) is 6.04 Å². The van der Waals surface area contributed by atoms with Crippen molar-refractivity contribution in [1.29, 1.82) is 0 Å². The van der Waals surface area contributed by atoms with Crippen LogP contribution in [0.3, 0.4) is 0 Å². The van der Waals surface area contributed by atoms with Crippen LogP contribution in [-0.4, -0.2) is 49.3 Å². The summed E-state index contributed by atoms with van der Waals surface area (Å²) in [6.45, 7) is 8.97. The standard InChI is InChI=1S/C17H34N2O/c1-6-18-15(16(2,3)19(4)5)14-9-12-20-17(13-14)10-7-8-11-17/h14-15,18H,6-13H2,1-5H3. The summed E-state index contributed by atoms with van der Waals surface area (Å²) in [6, 6.07) is 0.545. The summed E-state index contributed by atoms with van der Waals surface area (Å²) in [5, 5.41) is 3.78. The molecule has 1 aliphatic heterocycles. The molecule has 0 aromatic carbocycles. The Bertz CT molecular complexity index is 308. The fraction of sp³-hybridized carbons (Fsp3) is 1.00. The molecule has 1 saturated heterocycles. The van der Waals surface area contributed by atoms with E-state index in [2.05, 4.69) is 45.1 Å². The van der Waals surface area contributed by atoms with Crippen LogP contribution >= 0.6 is 0 Å². The van der Waals surface area contributed by atoms with Crippen LogP contribution in [0.4, 0.5) is 0 Å². The summed E-state index contributed by atoms with van der Waals surface area (Å²) >= 11 is 0. The summed E-state index contributed by atoms with van der Waals surface area (Å²) in [7, 11) is 4.41. The predicted molar refractivity (Wildman–Crippen MR) is 85.1 cm³/mol. The molecule has 2 fully saturated rings. The summed E-state index contributed by atoms with van der Waals surface area (Å²) < 4.78 is 6.22. The summed E-state index contributed by atoms with van der Waals surface area (Å²) in [5.74, 6) is 0.735. The van der Waals surface area contributed by atoms with Crippen molar-refractivity contribution in [2.75, 3.05) is 27.2 Å². The van der Waals surface area contributed by atoms with Crippen LogP contribution in [0.15, 0.2) is 0 Å². The molecule has 1 N–H and O–H groups in total. The lowest BCUT2D eigenvalue weighted by Gasteiger charge is -2.49. The highest BCUT2D eigenvalue weighted by Crippen LogP contribution is 2.44. The molecule has 1 spiro atoms. The van der Waals surface area contributed by atoms with Gasteiger partial charge in [-0.15, -0.1) is 0 Å². The molecule has 2 atom stereocenters. The lowest BCUT2D eigenvalue weighted by Crippen LogP contribution is -2.60. The monoisotopic (exact) mass is 282 g/mol. The predicted octanol–water partition coefficient (Wildman–Crippen LogP) is 3.04. The van der Waals surface area contributed by atoms with E-state index in [9.17, 15) is 0 Å². The molecule has 1 aliphatic carbocycles. The van der Waals surface area contributed by atoms with Gasteiger partial charge in [0.1, 0.15) is 0 Å². The molecule has 0 aromatic heterocycles. The zero-order chi connectivity index (χ0) is 14.8. The van der Waals surface area contributed by atoms with Gasteiger partial charge in [-0.2, -0.15) is 0 Å². The van der Waals surface area contributed by atoms with Gasteiger partial charge in [0, 0.05) is 18.2 Å². The van der Waals surface area contributed by atoms with Crippen molar-refractivity contribution in [3.05, 3.63) is 0 Å². The first-order chi connectivity index (χ1) is 9.41. The molecule has 0 aromatic rings. The summed E-state index contributed by atoms with van der Waals surface area (Å²) in [4.78, 5) is 2.37. The normalized spacial score (nSPS) is 28.2. The number of nitrogens with zero attached hydrogens (tertiary/aromatic N) is 1. The van der Waals surface area contributed by atoms with Crippen LogP contribution in [0.2, 0.25) is 0 Å². The molecule has 0 radical (unpaired) electrons. The van der Waals surface area contributed by atoms with Crippen molar-refractivity contribution in [3.63, 3.8) is 0 Å². The zero-order valence-corrected chi connectivity index (χ0v) is 14.2. The molecular weight excluding hydrogens is 248 g/mol. The van der Waals surface area contributed by atoms with E-state index in [-0.39, 0.29) is 11.1 Å². The third kappa shape index (κ3) is 3.20. The van der Waals surface area contributed by atoms with Crippen molar-refractivity contribution in [1.82, 2.24) is 10.2 Å². The highest BCUT2D eigenvalue weighted by atomic mass is 16.5. The molecule has 2 unspecified atom stereocenters. The first-order valence-corrected chi connectivity index (χ1v) is 8.46. The summed E-state index contributed by atoms with van der Waals surface area (Å²) in [6.07, 6.45) is 7.74. The third-order valence-corrected chi connectivity index (χ3v) is 5.86. The molecule has 1 saturated carbocycles. The largest absolute Gasteiger partial charge is 0.375 e. The van der Waals surface area contributed by atoms with Crippen molar-refractivity contribution in [3.8, 4) is 0 Å². The smallest absolute Gasteiger partial charge is 0.0685 e. The molecular formula is C17H34N2O. The van der Waals surface area contributed by atoms with Crippen molar-refractivity contribution in [2.24, 2.45) is 5.92 Å². The Balaban J connectivity index is 2.12. The second-order valence-corrected chi connectivity index (χ2v) is 7.57. The highest BCUT2D eigenvalue weighted by molar-refractivity contribution is 5.01. The minimum absolute atomic E-state index is 0.178. The summed E-state index contributed by atoms with van der Waals surface area (Å²) in [5.41, 5.74) is 0.400. The van der Waals surface area contributed by atoms with Gasteiger partial charge in [0.2, 0.25) is 0 Å². The molecule has 2 aliphatic rings. The number of likely N-dealkylation sites (N-methyl/N-ethyl adjacent to an activating group) is 2. The van der Waals surface area contributed by atoms with Gasteiger partial charge in [-0.1, -0.05) is 19.8 Å². The van der Waals surface area contributed by atoms with Gasteiger partial charge in [-0.05, 0) is 66.1 Å². The maximum atomic E-state index is 6.22. The van der Waals surface area contributed by atoms with Crippen LogP contribution < -0.4 is 5.32 Å². The van der Waals surface area contributed by atoms with E-state index >= 15 is 0 Å². The number of nitrogens with one attached hydrogen (secondary N) is 1. The van der Waals surface area contributed by atoms with E-state index < -0.39 is 0 Å². The van der Waals surface area contributed by atoms with E-state index in [1.165, 1.54) is 38.5 Å². The van der Waals surface area contributed by atoms with Crippen molar-refractivity contribution < 1.29 is 4.74 Å². The Morgan fingerprint density at radius 2 is 1.95 bits per heavy atom. The van der Waals surface area contributed by atoms with Crippen LogP contribution in [0.25, 0.3) is 0 Å². The number of rotatable bonds is 5. The Morgan fingerprint density at radius 3 is 2.50 bits per heavy atom. The number of hydrogen-bond donors (Lipinski definition) is 1. The maximum Gasteiger partial charge on any atom is 0.0685 e. The quantitative estimate of drug-likeness (QED) is 0.839. The van der Waals surface area contributed by atoms with Gasteiger partial charge < -0.3 is 15.0 Å². The van der Waals surface area contributed by atoms with E-state index in [0.717, 1.165) is 19.1 Å². The Kier molecular flexibility index (Phi) is 5.14. The second-order valence-electron chi connectivity index (χ2n) is 7.57. The topological polar surface area (TPSA) is 24.5 Å². The van der Waals surface area contributed by atoms with Gasteiger partial charge in [0.15, 0.2) is 0 Å². The van der Waals surface area contributed by atoms with Crippen LogP contribution in [-0.2, 0) is 4.74 Å². The molecule has 3 heteroatoms. The number of hydrogen-bond acceptors (Lipinski definition) is 3. The van der Waals surface area contributed by atoms with Gasteiger partial charge in [0.25, 0.3) is 0 Å². The highest BCUT2D eigenvalue weighted by Gasteiger charge is 2.45. The molecule has 3 nitrogen and oxygen atoms in total. The van der Waals surface area contributed by atoms with Gasteiger partial charge >= 0.3 is 0 Å². The fourth-order valence-electron chi connectivity index (χ4n) is 4.21. The molecule has 2 rings (SSSR count). The van der Waals surface area contributed by atoms with Gasteiger partial charge in [0.05, 0.1) is 5.60 Å². The lowest BCUT2D eigenvalue weighted by atomic mass is 9.74. The third-order valence-electron chi connectivity index (χ3n) is 5.86. The average molecular weight is 282 g/mol. The van der Waals surface area contributed by atoms with Gasteiger partial charge in [-0.3, -0.25) is 0 Å². The lowest BCUT2D eigenvalue weighted by molar-refractivity contribution is -0.105.